The van der Waals surface area contributed by atoms with Crippen LogP contribution in [0.3, 0.4) is 0 Å². The van der Waals surface area contributed by atoms with Crippen LogP contribution in [-0.2, 0) is 9.59 Å². The topological polar surface area (TPSA) is 93.4 Å². The number of hydrogen-bond acceptors (Lipinski definition) is 7. The molecule has 1 aliphatic rings. The van der Waals surface area contributed by atoms with Crippen LogP contribution < -0.4 is 4.90 Å². The summed E-state index contributed by atoms with van der Waals surface area (Å²) in [6.07, 6.45) is 0. The van der Waals surface area contributed by atoms with Gasteiger partial charge in [-0.25, -0.2) is 0 Å². The van der Waals surface area contributed by atoms with E-state index in [1.165, 1.54) is 4.90 Å². The number of halogens is 2. The smallest absolute Gasteiger partial charge is 0.297 e. The van der Waals surface area contributed by atoms with Crippen molar-refractivity contribution in [2.24, 2.45) is 5.92 Å². The number of aromatic nitrogens is 2. The Balaban J connectivity index is 1.66. The van der Waals surface area contributed by atoms with E-state index in [0.29, 0.717) is 21.2 Å². The lowest BCUT2D eigenvalue weighted by Gasteiger charge is -2.24. The molecule has 2 unspecified atom stereocenters. The molecule has 1 fully saturated rings. The minimum atomic E-state index is -1.34. The first-order valence-corrected chi connectivity index (χ1v) is 11.1. The Morgan fingerprint density at radius 2 is 1.84 bits per heavy atom. The van der Waals surface area contributed by atoms with Gasteiger partial charge < -0.3 is 4.42 Å². The molecule has 1 amide bonds. The molecule has 0 saturated carbocycles. The lowest BCUT2D eigenvalue weighted by atomic mass is 9.88. The molecule has 1 saturated heterocycles. The van der Waals surface area contributed by atoms with Crippen LogP contribution in [-0.4, -0.2) is 27.7 Å². The number of aryl methyl sites for hydroxylation is 1. The van der Waals surface area contributed by atoms with Gasteiger partial charge in [-0.1, -0.05) is 58.8 Å². The number of carbonyl (C=O) groups is 3. The third-order valence-electron chi connectivity index (χ3n) is 5.26. The third-order valence-corrected chi connectivity index (χ3v) is 6.84. The zero-order valence-electron chi connectivity index (χ0n) is 16.4. The first-order chi connectivity index (χ1) is 15.3. The highest BCUT2D eigenvalue weighted by Gasteiger charge is 2.54. The number of fused-ring (bicyclic) bond motifs is 1. The zero-order chi connectivity index (χ0) is 22.6. The van der Waals surface area contributed by atoms with Crippen LogP contribution in [0.4, 0.5) is 5.13 Å². The van der Waals surface area contributed by atoms with Gasteiger partial charge in [0.05, 0.1) is 16.1 Å². The number of nitrogens with zero attached hydrogens (tertiary/aromatic N) is 3. The van der Waals surface area contributed by atoms with Crippen molar-refractivity contribution in [2.75, 3.05) is 4.90 Å². The summed E-state index contributed by atoms with van der Waals surface area (Å²) < 4.78 is 5.69. The second-order valence-corrected chi connectivity index (χ2v) is 9.23. The fourth-order valence-corrected chi connectivity index (χ4v) is 4.85. The molecule has 0 bridgehead atoms. The number of anilines is 1. The summed E-state index contributed by atoms with van der Waals surface area (Å²) >= 11 is 13.4. The fourth-order valence-electron chi connectivity index (χ4n) is 3.82. The van der Waals surface area contributed by atoms with Gasteiger partial charge in [-0.05, 0) is 36.8 Å². The van der Waals surface area contributed by atoms with Crippen molar-refractivity contribution < 1.29 is 18.8 Å². The van der Waals surface area contributed by atoms with Crippen LogP contribution in [0.5, 0.6) is 0 Å². The number of hydrogen-bond donors (Lipinski definition) is 0. The van der Waals surface area contributed by atoms with Gasteiger partial charge in [-0.15, -0.1) is 10.2 Å². The first-order valence-electron chi connectivity index (χ1n) is 9.50. The third kappa shape index (κ3) is 3.31. The van der Waals surface area contributed by atoms with E-state index >= 15 is 0 Å². The van der Waals surface area contributed by atoms with E-state index in [1.807, 2.05) is 6.07 Å². The van der Waals surface area contributed by atoms with Gasteiger partial charge in [0.15, 0.2) is 5.76 Å². The molecule has 32 heavy (non-hydrogen) atoms. The molecule has 10 heteroatoms. The van der Waals surface area contributed by atoms with Crippen LogP contribution in [0.1, 0.15) is 27.2 Å². The average molecular weight is 486 g/mol. The molecule has 0 N–H and O–H groups in total. The second kappa shape index (κ2) is 7.81. The van der Waals surface area contributed by atoms with Crippen LogP contribution in [0.15, 0.2) is 52.9 Å². The molecule has 7 nitrogen and oxygen atoms in total. The maximum atomic E-state index is 13.5. The summed E-state index contributed by atoms with van der Waals surface area (Å²) in [6, 6.07) is 12.4. The quantitative estimate of drug-likeness (QED) is 0.228. The Labute approximate surface area is 195 Å². The van der Waals surface area contributed by atoms with Gasteiger partial charge >= 0.3 is 0 Å². The van der Waals surface area contributed by atoms with Gasteiger partial charge in [-0.3, -0.25) is 19.3 Å². The number of amides is 1. The minimum Gasteiger partial charge on any atom is -0.453 e. The Kier molecular flexibility index (Phi) is 5.08. The highest BCUT2D eigenvalue weighted by Crippen LogP contribution is 2.43. The van der Waals surface area contributed by atoms with Crippen molar-refractivity contribution in [1.29, 1.82) is 0 Å². The summed E-state index contributed by atoms with van der Waals surface area (Å²) in [5.41, 5.74) is 0.983. The predicted molar refractivity (Wildman–Crippen MR) is 120 cm³/mol. The number of Topliss-reactive ketones (excluding diaryl/α,β-unsaturated/α-hetero) is 2. The van der Waals surface area contributed by atoms with Crippen molar-refractivity contribution >= 4 is 68.1 Å². The largest absolute Gasteiger partial charge is 0.453 e. The van der Waals surface area contributed by atoms with E-state index < -0.39 is 29.4 Å². The molecule has 0 aliphatic carbocycles. The predicted octanol–water partition coefficient (Wildman–Crippen LogP) is 5.06. The number of benzene rings is 2. The van der Waals surface area contributed by atoms with Crippen molar-refractivity contribution in [3.05, 3.63) is 74.9 Å². The van der Waals surface area contributed by atoms with Gasteiger partial charge in [0.25, 0.3) is 5.91 Å². The highest BCUT2D eigenvalue weighted by molar-refractivity contribution is 7.15. The summed E-state index contributed by atoms with van der Waals surface area (Å²) in [5, 5.41) is 10.1. The number of furan rings is 1. The Hall–Kier alpha value is -3.07. The Morgan fingerprint density at radius 1 is 1.06 bits per heavy atom. The lowest BCUT2D eigenvalue weighted by molar-refractivity contribution is -0.135. The molecule has 2 aromatic heterocycles. The van der Waals surface area contributed by atoms with Gasteiger partial charge in [0.2, 0.25) is 16.7 Å². The molecule has 2 aromatic carbocycles. The summed E-state index contributed by atoms with van der Waals surface area (Å²) in [6.45, 7) is 1.73. The van der Waals surface area contributed by atoms with Crippen LogP contribution in [0.25, 0.3) is 11.0 Å². The molecule has 160 valence electrons. The van der Waals surface area contributed by atoms with Crippen LogP contribution in [0, 0.1) is 12.8 Å². The standard InChI is InChI=1S/C22H13Cl2N3O4S/c1-10-25-26-22(32-10)27-18(12-6-7-13(23)14(24)8-12)17(20(29)21(27)30)19(28)16-9-11-4-2-3-5-15(11)31-16/h2-9,17-18H,1H3. The van der Waals surface area contributed by atoms with E-state index in [0.717, 1.165) is 16.7 Å². The molecule has 4 aromatic rings. The molecular formula is C22H13Cl2N3O4S. The summed E-state index contributed by atoms with van der Waals surface area (Å²) in [4.78, 5) is 40.9. The second-order valence-electron chi connectivity index (χ2n) is 7.25. The Bertz CT molecular complexity index is 1380. The number of ketones is 2. The number of para-hydroxylation sites is 1. The molecular weight excluding hydrogens is 473 g/mol. The van der Waals surface area contributed by atoms with Gasteiger partial charge in [0, 0.05) is 5.39 Å². The van der Waals surface area contributed by atoms with Crippen LogP contribution in [0.2, 0.25) is 10.0 Å². The monoisotopic (exact) mass is 485 g/mol. The molecule has 2 atom stereocenters. The van der Waals surface area contributed by atoms with E-state index in [-0.39, 0.29) is 15.9 Å². The number of rotatable bonds is 4. The maximum absolute atomic E-state index is 13.5. The zero-order valence-corrected chi connectivity index (χ0v) is 18.7. The van der Waals surface area contributed by atoms with E-state index in [2.05, 4.69) is 10.2 Å². The maximum Gasteiger partial charge on any atom is 0.297 e. The lowest BCUT2D eigenvalue weighted by Crippen LogP contribution is -2.30. The normalized spacial score (nSPS) is 18.7. The van der Waals surface area contributed by atoms with Gasteiger partial charge in [0.1, 0.15) is 16.5 Å². The molecule has 0 radical (unpaired) electrons. The molecule has 3 heterocycles. The minimum absolute atomic E-state index is 0.00213. The highest BCUT2D eigenvalue weighted by atomic mass is 35.5. The van der Waals surface area contributed by atoms with Crippen molar-refractivity contribution in [3.63, 3.8) is 0 Å². The summed E-state index contributed by atoms with van der Waals surface area (Å²) in [5.74, 6) is -3.63. The average Bonchev–Trinajstić information content (AvgIpc) is 3.46. The van der Waals surface area contributed by atoms with E-state index in [9.17, 15) is 14.4 Å². The van der Waals surface area contributed by atoms with E-state index in [1.54, 1.807) is 49.4 Å². The first kappa shape index (κ1) is 20.8. The fraction of sp³-hybridized carbons (Fsp3) is 0.136. The van der Waals surface area contributed by atoms with Crippen LogP contribution >= 0.6 is 34.5 Å². The van der Waals surface area contributed by atoms with Crippen molar-refractivity contribution in [3.8, 4) is 0 Å². The van der Waals surface area contributed by atoms with Crippen molar-refractivity contribution in [1.82, 2.24) is 10.2 Å². The van der Waals surface area contributed by atoms with E-state index in [4.69, 9.17) is 27.6 Å². The molecule has 1 aliphatic heterocycles. The number of carbonyl (C=O) groups excluding carboxylic acids is 3. The molecule has 0 spiro atoms. The van der Waals surface area contributed by atoms with Crippen molar-refractivity contribution in [2.45, 2.75) is 13.0 Å². The molecule has 5 rings (SSSR count). The summed E-state index contributed by atoms with van der Waals surface area (Å²) in [7, 11) is 0. The Morgan fingerprint density at radius 3 is 2.53 bits per heavy atom. The van der Waals surface area contributed by atoms with Gasteiger partial charge in [-0.2, -0.15) is 0 Å². The SMILES string of the molecule is Cc1nnc(N2C(=O)C(=O)C(C(=O)c3cc4ccccc4o3)C2c2ccc(Cl)c(Cl)c2)s1.